The quantitative estimate of drug-likeness (QED) is 0.0976. The molecular weight excluding hydrogens is 586 g/mol. The molecule has 0 spiro atoms. The Labute approximate surface area is 273 Å². The number of unbranched alkanes of at least 4 members (excludes halogenated alkanes) is 3. The van der Waals surface area contributed by atoms with Crippen LogP contribution in [0.1, 0.15) is 81.9 Å². The van der Waals surface area contributed by atoms with E-state index in [-0.39, 0.29) is 37.0 Å². The number of amides is 1. The van der Waals surface area contributed by atoms with Crippen molar-refractivity contribution in [1.29, 1.82) is 5.26 Å². The Morgan fingerprint density at radius 2 is 1.87 bits per heavy atom. The van der Waals surface area contributed by atoms with Gasteiger partial charge in [-0.25, -0.2) is 5.01 Å². The highest BCUT2D eigenvalue weighted by molar-refractivity contribution is 5.77. The van der Waals surface area contributed by atoms with Gasteiger partial charge in [-0.05, 0) is 86.9 Å². The summed E-state index contributed by atoms with van der Waals surface area (Å²) in [7, 11) is 3.80. The molecule has 11 nitrogen and oxygen atoms in total. The van der Waals surface area contributed by atoms with Crippen molar-refractivity contribution in [3.8, 4) is 17.6 Å². The van der Waals surface area contributed by atoms with E-state index in [2.05, 4.69) is 53.4 Å². The van der Waals surface area contributed by atoms with Crippen LogP contribution < -0.4 is 14.9 Å². The number of likely N-dealkylation sites (N-methyl/N-ethyl adjacent to an activating group) is 1. The molecule has 2 unspecified atom stereocenters. The lowest BCUT2D eigenvalue weighted by Gasteiger charge is -2.31. The van der Waals surface area contributed by atoms with Gasteiger partial charge in [-0.15, -0.1) is 10.1 Å². The molecule has 1 fully saturated rings. The minimum absolute atomic E-state index is 0.0277. The zero-order chi connectivity index (χ0) is 33.1. The van der Waals surface area contributed by atoms with Crippen molar-refractivity contribution in [2.45, 2.75) is 77.2 Å². The number of carbonyl (C=O) groups is 1. The van der Waals surface area contributed by atoms with Gasteiger partial charge >= 0.3 is 0 Å². The molecule has 46 heavy (non-hydrogen) atoms. The minimum Gasteiger partial charge on any atom is -0.497 e. The number of ether oxygens (including phenoxy) is 2. The van der Waals surface area contributed by atoms with Crippen LogP contribution in [0, 0.1) is 33.3 Å². The molecule has 1 aliphatic heterocycles. The van der Waals surface area contributed by atoms with Crippen LogP contribution in [-0.2, 0) is 16.1 Å². The Hall–Kier alpha value is -3.88. The van der Waals surface area contributed by atoms with E-state index in [1.807, 2.05) is 35.3 Å². The number of hydrogen-bond acceptors (Lipinski definition) is 9. The summed E-state index contributed by atoms with van der Waals surface area (Å²) in [5.41, 5.74) is 5.17. The SMILES string of the molecule is CCCCCCC(C#N)CCC(c1cccc(OCC(=O)NN2CCC(CO[N+](=O)[O-])CC2)c1)N(C)CCc1cccc(OC)c1. The van der Waals surface area contributed by atoms with Crippen LogP contribution >= 0.6 is 0 Å². The van der Waals surface area contributed by atoms with Gasteiger partial charge in [0.25, 0.3) is 11.0 Å². The smallest absolute Gasteiger partial charge is 0.294 e. The standard InChI is InChI=1S/C35H51N5O6/c1-4-5-6-7-10-29(25-36)15-16-34(38(2)20-17-28-11-8-13-32(23-28)44-3)31-12-9-14-33(24-31)45-27-35(41)37-39-21-18-30(19-22-39)26-46-40(42)43/h8-9,11-14,23-24,29-30,34H,4-7,10,15-22,26-27H2,1-3H3,(H,37,41). The lowest BCUT2D eigenvalue weighted by atomic mass is 9.92. The van der Waals surface area contributed by atoms with E-state index in [1.165, 1.54) is 24.8 Å². The first kappa shape index (κ1) is 36.6. The zero-order valence-electron chi connectivity index (χ0n) is 27.7. The third-order valence-electron chi connectivity index (χ3n) is 8.72. The summed E-state index contributed by atoms with van der Waals surface area (Å²) in [6, 6.07) is 18.7. The van der Waals surface area contributed by atoms with Gasteiger partial charge in [0.05, 0.1) is 19.8 Å². The maximum Gasteiger partial charge on any atom is 0.294 e. The van der Waals surface area contributed by atoms with Gasteiger partial charge in [-0.2, -0.15) is 5.26 Å². The second-order valence-electron chi connectivity index (χ2n) is 12.2. The summed E-state index contributed by atoms with van der Waals surface area (Å²) >= 11 is 0. The zero-order valence-corrected chi connectivity index (χ0v) is 27.7. The number of nitrogens with one attached hydrogen (secondary N) is 1. The maximum atomic E-state index is 12.7. The minimum atomic E-state index is -0.762. The second-order valence-corrected chi connectivity index (χ2v) is 12.2. The Bertz CT molecular complexity index is 1250. The average Bonchev–Trinajstić information content (AvgIpc) is 3.07. The predicted molar refractivity (Wildman–Crippen MR) is 176 cm³/mol. The Morgan fingerprint density at radius 1 is 1.11 bits per heavy atom. The first-order chi connectivity index (χ1) is 22.3. The van der Waals surface area contributed by atoms with Gasteiger partial charge in [-0.1, -0.05) is 56.9 Å². The molecule has 2 aromatic carbocycles. The molecule has 1 saturated heterocycles. The van der Waals surface area contributed by atoms with Crippen LogP contribution in [0.4, 0.5) is 0 Å². The topological polar surface area (TPSA) is 130 Å². The highest BCUT2D eigenvalue weighted by atomic mass is 16.9. The molecule has 1 heterocycles. The molecule has 2 atom stereocenters. The second kappa shape index (κ2) is 20.3. The van der Waals surface area contributed by atoms with E-state index in [4.69, 9.17) is 9.47 Å². The molecule has 0 saturated carbocycles. The number of methoxy groups -OCH3 is 1. The molecule has 1 aliphatic rings. The highest BCUT2D eigenvalue weighted by Crippen LogP contribution is 2.30. The summed E-state index contributed by atoms with van der Waals surface area (Å²) in [6.07, 6.45) is 9.50. The van der Waals surface area contributed by atoms with Gasteiger partial charge in [0.1, 0.15) is 11.5 Å². The lowest BCUT2D eigenvalue weighted by Crippen LogP contribution is -2.48. The molecule has 1 amide bonds. The van der Waals surface area contributed by atoms with Crippen molar-refractivity contribution in [2.75, 3.05) is 47.0 Å². The van der Waals surface area contributed by atoms with E-state index < -0.39 is 5.09 Å². The number of hydrogen-bond donors (Lipinski definition) is 1. The van der Waals surface area contributed by atoms with Crippen molar-refractivity contribution in [1.82, 2.24) is 15.3 Å². The predicted octanol–water partition coefficient (Wildman–Crippen LogP) is 6.13. The first-order valence-electron chi connectivity index (χ1n) is 16.6. The van der Waals surface area contributed by atoms with E-state index in [9.17, 15) is 20.2 Å². The molecule has 0 aromatic heterocycles. The third-order valence-corrected chi connectivity index (χ3v) is 8.72. The number of nitrogens with zero attached hydrogens (tertiary/aromatic N) is 4. The summed E-state index contributed by atoms with van der Waals surface area (Å²) in [6.45, 7) is 4.18. The van der Waals surface area contributed by atoms with Crippen LogP contribution in [0.3, 0.4) is 0 Å². The Kier molecular flexibility index (Phi) is 16.1. The summed E-state index contributed by atoms with van der Waals surface area (Å²) in [5, 5.41) is 21.4. The molecular formula is C35H51N5O6. The monoisotopic (exact) mass is 637 g/mol. The normalized spacial score (nSPS) is 15.1. The molecule has 0 radical (unpaired) electrons. The van der Waals surface area contributed by atoms with Crippen LogP contribution in [0.25, 0.3) is 0 Å². The van der Waals surface area contributed by atoms with E-state index in [0.29, 0.717) is 31.7 Å². The van der Waals surface area contributed by atoms with Crippen LogP contribution in [0.5, 0.6) is 11.5 Å². The van der Waals surface area contributed by atoms with Gasteiger partial charge in [-0.3, -0.25) is 15.1 Å². The molecule has 0 bridgehead atoms. The average molecular weight is 638 g/mol. The van der Waals surface area contributed by atoms with Crippen molar-refractivity contribution >= 4 is 5.91 Å². The number of rotatable bonds is 21. The maximum absolute atomic E-state index is 12.7. The highest BCUT2D eigenvalue weighted by Gasteiger charge is 2.23. The fourth-order valence-electron chi connectivity index (χ4n) is 5.93. The van der Waals surface area contributed by atoms with Gasteiger partial charge in [0.15, 0.2) is 6.61 Å². The molecule has 1 N–H and O–H groups in total. The molecule has 252 valence electrons. The van der Waals surface area contributed by atoms with Crippen LogP contribution in [0.15, 0.2) is 48.5 Å². The fourth-order valence-corrected chi connectivity index (χ4v) is 5.93. The van der Waals surface area contributed by atoms with Gasteiger partial charge < -0.3 is 14.3 Å². The van der Waals surface area contributed by atoms with E-state index in [1.54, 1.807) is 7.11 Å². The van der Waals surface area contributed by atoms with Crippen molar-refractivity contribution in [3.05, 3.63) is 69.8 Å². The Balaban J connectivity index is 1.60. The third kappa shape index (κ3) is 13.2. The van der Waals surface area contributed by atoms with Crippen LogP contribution in [-0.4, -0.2) is 67.9 Å². The Morgan fingerprint density at radius 3 is 2.59 bits per heavy atom. The van der Waals surface area contributed by atoms with Gasteiger partial charge in [0, 0.05) is 31.6 Å². The number of benzene rings is 2. The van der Waals surface area contributed by atoms with Crippen LogP contribution in [0.2, 0.25) is 0 Å². The van der Waals surface area contributed by atoms with Gasteiger partial charge in [0.2, 0.25) is 0 Å². The largest absolute Gasteiger partial charge is 0.497 e. The summed E-state index contributed by atoms with van der Waals surface area (Å²) in [4.78, 5) is 30.0. The molecule has 11 heteroatoms. The molecule has 2 aromatic rings. The number of nitriles is 1. The molecule has 3 rings (SSSR count). The molecule has 0 aliphatic carbocycles. The first-order valence-corrected chi connectivity index (χ1v) is 16.6. The number of piperidine rings is 1. The van der Waals surface area contributed by atoms with Crippen molar-refractivity contribution < 1.29 is 24.2 Å². The fraction of sp³-hybridized carbons (Fsp3) is 0.600. The summed E-state index contributed by atoms with van der Waals surface area (Å²) in [5.74, 6) is 1.34. The van der Waals surface area contributed by atoms with Crippen molar-refractivity contribution in [3.63, 3.8) is 0 Å². The summed E-state index contributed by atoms with van der Waals surface area (Å²) < 4.78 is 11.3. The van der Waals surface area contributed by atoms with E-state index >= 15 is 0 Å². The van der Waals surface area contributed by atoms with E-state index in [0.717, 1.165) is 50.0 Å². The number of carbonyl (C=O) groups excluding carboxylic acids is 1. The number of hydrazine groups is 1. The lowest BCUT2D eigenvalue weighted by molar-refractivity contribution is -0.759. The van der Waals surface area contributed by atoms with Crippen molar-refractivity contribution in [2.24, 2.45) is 11.8 Å².